The van der Waals surface area contributed by atoms with Crippen molar-refractivity contribution >= 4 is 16.1 Å². The molecule has 0 heterocycles. The van der Waals surface area contributed by atoms with Crippen molar-refractivity contribution in [2.24, 2.45) is 5.92 Å². The predicted octanol–water partition coefficient (Wildman–Crippen LogP) is -1.95. The monoisotopic (exact) mass is 258 g/mol. The Kier molecular flexibility index (Phi) is 15.0. The molecule has 0 bridgehead atoms. The second-order valence-corrected chi connectivity index (χ2v) is 4.21. The van der Waals surface area contributed by atoms with Gasteiger partial charge in [-0.15, -0.1) is 0 Å². The molecule has 0 radical (unpaired) electrons. The molecule has 0 spiro atoms. The Morgan fingerprint density at radius 1 is 1.44 bits per heavy atom. The van der Waals surface area contributed by atoms with Gasteiger partial charge in [0.15, 0.2) is 0 Å². The van der Waals surface area contributed by atoms with Crippen molar-refractivity contribution in [2.75, 3.05) is 6.61 Å². The van der Waals surface area contributed by atoms with E-state index in [2.05, 4.69) is 13.2 Å². The number of hydrogen-bond acceptors (Lipinski definition) is 5. The molecule has 0 saturated carbocycles. The van der Waals surface area contributed by atoms with Gasteiger partial charge in [0.2, 0.25) is 0 Å². The average Bonchev–Trinajstić information content (AvgIpc) is 2.14. The first kappa shape index (κ1) is 21.2. The second-order valence-electron chi connectivity index (χ2n) is 2.89. The molecule has 0 aromatic rings. The van der Waals surface area contributed by atoms with Crippen LogP contribution in [0.15, 0.2) is 24.6 Å². The fourth-order valence-electron chi connectivity index (χ4n) is 0.308. The van der Waals surface area contributed by atoms with E-state index in [9.17, 15) is 17.8 Å². The molecule has 0 aliphatic rings. The summed E-state index contributed by atoms with van der Waals surface area (Å²) in [7, 11) is -4.15. The van der Waals surface area contributed by atoms with Crippen LogP contribution in [0.1, 0.15) is 13.8 Å². The van der Waals surface area contributed by atoms with Crippen LogP contribution in [0.25, 0.3) is 0 Å². The molecule has 7 heteroatoms. The molecule has 0 fully saturated rings. The van der Waals surface area contributed by atoms with Crippen molar-refractivity contribution in [3.8, 4) is 0 Å². The zero-order valence-corrected chi connectivity index (χ0v) is 12.6. The van der Waals surface area contributed by atoms with Crippen LogP contribution in [0.4, 0.5) is 0 Å². The van der Waals surface area contributed by atoms with Gasteiger partial charge in [0.05, 0.1) is 6.61 Å². The predicted molar refractivity (Wildman–Crippen MR) is 55.9 cm³/mol. The van der Waals surface area contributed by atoms with Crippen molar-refractivity contribution in [3.63, 3.8) is 0 Å². The second kappa shape index (κ2) is 11.3. The van der Waals surface area contributed by atoms with Crippen LogP contribution in [0, 0.1) is 5.92 Å². The van der Waals surface area contributed by atoms with Crippen LogP contribution in [0.3, 0.4) is 0 Å². The molecule has 0 unspecified atom stereocenters. The van der Waals surface area contributed by atoms with Crippen LogP contribution < -0.4 is 29.6 Å². The molecule has 0 atom stereocenters. The normalized spacial score (nSPS) is 9.25. The van der Waals surface area contributed by atoms with Crippen molar-refractivity contribution in [2.45, 2.75) is 13.8 Å². The maximum absolute atomic E-state index is 10.4. The van der Waals surface area contributed by atoms with Crippen molar-refractivity contribution in [1.29, 1.82) is 0 Å². The summed E-state index contributed by atoms with van der Waals surface area (Å²) in [6.07, 6.45) is 1.17. The molecule has 0 saturated heterocycles. The maximum Gasteiger partial charge on any atom is 1.00 e. The molecular weight excluding hydrogens is 243 g/mol. The Hall–Kier alpha value is -0.140. The van der Waals surface area contributed by atoms with Crippen LogP contribution in [0.2, 0.25) is 0 Å². The number of carbonyl (C=O) groups is 1. The number of carbonyl (C=O) groups excluding carboxylic acids is 1. The van der Waals surface area contributed by atoms with Gasteiger partial charge in [-0.1, -0.05) is 27.0 Å². The maximum atomic E-state index is 10.4. The molecule has 0 amide bonds. The van der Waals surface area contributed by atoms with Crippen LogP contribution >= 0.6 is 0 Å². The molecule has 0 aromatic heterocycles. The van der Waals surface area contributed by atoms with E-state index in [-0.39, 0.29) is 35.5 Å². The average molecular weight is 258 g/mol. The van der Waals surface area contributed by atoms with Gasteiger partial charge in [0.1, 0.15) is 10.1 Å². The van der Waals surface area contributed by atoms with Crippen LogP contribution in [-0.2, 0) is 19.6 Å². The van der Waals surface area contributed by atoms with E-state index in [1.54, 1.807) is 0 Å². The zero-order valence-electron chi connectivity index (χ0n) is 9.80. The van der Waals surface area contributed by atoms with Crippen molar-refractivity contribution in [3.05, 3.63) is 24.6 Å². The van der Waals surface area contributed by atoms with Gasteiger partial charge in [-0.25, -0.2) is 13.2 Å². The van der Waals surface area contributed by atoms with Gasteiger partial charge in [0, 0.05) is 11.5 Å². The number of hydrogen-bond donors (Lipinski definition) is 0. The SMILES string of the molecule is C=CC(=O)OCC(C)C.C=CS(=O)(=O)[O-].[Na+]. The summed E-state index contributed by atoms with van der Waals surface area (Å²) in [5.41, 5.74) is 0. The standard InChI is InChI=1S/C7H12O2.C2H4O3S.Na/c1-4-7(8)9-5-6(2)3;1-2-6(3,4)5;/h4,6H,1,5H2,2-3H3;2H,1H2,(H,3,4,5);/q;;+1/p-1. The number of esters is 1. The largest absolute Gasteiger partial charge is 1.00 e. The van der Waals surface area contributed by atoms with Gasteiger partial charge in [-0.05, 0) is 5.92 Å². The third-order valence-electron chi connectivity index (χ3n) is 0.930. The van der Waals surface area contributed by atoms with Gasteiger partial charge < -0.3 is 9.29 Å². The number of rotatable bonds is 4. The Morgan fingerprint density at radius 3 is 2.00 bits per heavy atom. The molecule has 88 valence electrons. The quantitative estimate of drug-likeness (QED) is 0.253. The van der Waals surface area contributed by atoms with Crippen LogP contribution in [0.5, 0.6) is 0 Å². The minimum Gasteiger partial charge on any atom is -0.745 e. The van der Waals surface area contributed by atoms with Gasteiger partial charge in [-0.2, -0.15) is 0 Å². The summed E-state index contributed by atoms with van der Waals surface area (Å²) in [6, 6.07) is 0. The van der Waals surface area contributed by atoms with Gasteiger partial charge in [0.25, 0.3) is 0 Å². The summed E-state index contributed by atoms with van der Waals surface area (Å²) in [4.78, 5) is 10.4. The van der Waals surface area contributed by atoms with E-state index in [1.165, 1.54) is 6.08 Å². The molecule has 0 N–H and O–H groups in total. The topological polar surface area (TPSA) is 83.5 Å². The zero-order chi connectivity index (χ0) is 12.5. The summed E-state index contributed by atoms with van der Waals surface area (Å²) in [5.74, 6) is 0.0533. The molecule has 5 nitrogen and oxygen atoms in total. The van der Waals surface area contributed by atoms with Crippen molar-refractivity contribution in [1.82, 2.24) is 0 Å². The van der Waals surface area contributed by atoms with E-state index in [1.807, 2.05) is 13.8 Å². The molecule has 16 heavy (non-hydrogen) atoms. The van der Waals surface area contributed by atoms with E-state index >= 15 is 0 Å². The first-order chi connectivity index (χ1) is 6.72. The number of ether oxygens (including phenoxy) is 1. The Morgan fingerprint density at radius 2 is 1.81 bits per heavy atom. The summed E-state index contributed by atoms with van der Waals surface area (Å²) < 4.78 is 32.7. The molecule has 0 aliphatic carbocycles. The summed E-state index contributed by atoms with van der Waals surface area (Å²) >= 11 is 0. The molecule has 0 rings (SSSR count). The van der Waals surface area contributed by atoms with Crippen LogP contribution in [-0.4, -0.2) is 25.5 Å². The van der Waals surface area contributed by atoms with Gasteiger partial charge in [-0.3, -0.25) is 0 Å². The molecular formula is C9H15NaO5S. The third kappa shape index (κ3) is 23.6. The minimum absolute atomic E-state index is 0. The van der Waals surface area contributed by atoms with E-state index < -0.39 is 10.1 Å². The Balaban J connectivity index is -0.000000214. The minimum atomic E-state index is -4.15. The van der Waals surface area contributed by atoms with E-state index in [4.69, 9.17) is 4.74 Å². The summed E-state index contributed by atoms with van der Waals surface area (Å²) in [5, 5.41) is 0.354. The Labute approximate surface area is 119 Å². The fourth-order valence-corrected chi connectivity index (χ4v) is 0.308. The first-order valence-electron chi connectivity index (χ1n) is 4.10. The first-order valence-corrected chi connectivity index (χ1v) is 5.57. The van der Waals surface area contributed by atoms with E-state index in [0.717, 1.165) is 0 Å². The van der Waals surface area contributed by atoms with Crippen molar-refractivity contribution < 1.29 is 52.1 Å². The smallest absolute Gasteiger partial charge is 0.745 e. The van der Waals surface area contributed by atoms with E-state index in [0.29, 0.717) is 17.9 Å². The third-order valence-corrected chi connectivity index (χ3v) is 1.34. The molecule has 0 aliphatic heterocycles. The molecule has 0 aromatic carbocycles. The van der Waals surface area contributed by atoms with Gasteiger partial charge >= 0.3 is 35.5 Å². The Bertz CT molecular complexity index is 296. The summed E-state index contributed by atoms with van der Waals surface area (Å²) in [6.45, 7) is 10.4. The fraction of sp³-hybridized carbons (Fsp3) is 0.444.